The van der Waals surface area contributed by atoms with Crippen molar-refractivity contribution in [3.63, 3.8) is 0 Å². The molecule has 0 radical (unpaired) electrons. The Bertz CT molecular complexity index is 774. The molecule has 0 aliphatic carbocycles. The van der Waals surface area contributed by atoms with E-state index in [0.717, 1.165) is 0 Å². The molecular formula is C16H18N2O4S. The molecular weight excluding hydrogens is 316 g/mol. The second kappa shape index (κ2) is 7.64. The fourth-order valence-corrected chi connectivity index (χ4v) is 2.67. The summed E-state index contributed by atoms with van der Waals surface area (Å²) in [5.74, 6) is 1.22. The highest BCUT2D eigenvalue weighted by atomic mass is 32.2. The maximum Gasteiger partial charge on any atom is 0.276 e. The highest BCUT2D eigenvalue weighted by Crippen LogP contribution is 2.22. The van der Waals surface area contributed by atoms with Crippen LogP contribution < -0.4 is 14.3 Å². The second-order valence-electron chi connectivity index (χ2n) is 4.50. The van der Waals surface area contributed by atoms with Crippen LogP contribution in [0.4, 0.5) is 0 Å². The van der Waals surface area contributed by atoms with Gasteiger partial charge in [-0.2, -0.15) is 13.5 Å². The van der Waals surface area contributed by atoms with Crippen molar-refractivity contribution in [2.45, 2.75) is 11.8 Å². The lowest BCUT2D eigenvalue weighted by molar-refractivity contribution is 0.338. The van der Waals surface area contributed by atoms with E-state index in [1.165, 1.54) is 18.3 Å². The zero-order chi connectivity index (χ0) is 16.7. The number of methoxy groups -OCH3 is 1. The van der Waals surface area contributed by atoms with Crippen LogP contribution in [0.25, 0.3) is 0 Å². The van der Waals surface area contributed by atoms with Gasteiger partial charge in [0.2, 0.25) is 0 Å². The predicted molar refractivity (Wildman–Crippen MR) is 88.5 cm³/mol. The molecule has 0 bridgehead atoms. The van der Waals surface area contributed by atoms with Gasteiger partial charge in [-0.3, -0.25) is 0 Å². The van der Waals surface area contributed by atoms with Crippen LogP contribution in [0.3, 0.4) is 0 Å². The zero-order valence-corrected chi connectivity index (χ0v) is 13.7. The van der Waals surface area contributed by atoms with Crippen molar-refractivity contribution in [3.8, 4) is 11.5 Å². The van der Waals surface area contributed by atoms with Crippen molar-refractivity contribution in [1.29, 1.82) is 0 Å². The van der Waals surface area contributed by atoms with Crippen molar-refractivity contribution in [3.05, 3.63) is 54.1 Å². The summed E-state index contributed by atoms with van der Waals surface area (Å²) in [5.41, 5.74) is 0.613. The highest BCUT2D eigenvalue weighted by molar-refractivity contribution is 7.89. The Labute approximate surface area is 135 Å². The molecule has 0 aliphatic rings. The average Bonchev–Trinajstić information content (AvgIpc) is 2.57. The maximum absolute atomic E-state index is 12.1. The smallest absolute Gasteiger partial charge is 0.276 e. The van der Waals surface area contributed by atoms with E-state index < -0.39 is 10.0 Å². The van der Waals surface area contributed by atoms with Gasteiger partial charge in [-0.05, 0) is 37.3 Å². The van der Waals surface area contributed by atoms with Crippen LogP contribution >= 0.6 is 0 Å². The Kier molecular flexibility index (Phi) is 5.59. The molecule has 122 valence electrons. The summed E-state index contributed by atoms with van der Waals surface area (Å²) in [6.45, 7) is 2.35. The number of hydrazone groups is 1. The Hall–Kier alpha value is -2.54. The molecule has 2 rings (SSSR count). The number of nitrogens with zero attached hydrogens (tertiary/aromatic N) is 1. The molecule has 0 heterocycles. The lowest BCUT2D eigenvalue weighted by Crippen LogP contribution is -2.18. The van der Waals surface area contributed by atoms with Crippen molar-refractivity contribution >= 4 is 16.2 Å². The number of hydrogen-bond donors (Lipinski definition) is 1. The molecule has 0 unspecified atom stereocenters. The van der Waals surface area contributed by atoms with E-state index in [2.05, 4.69) is 9.93 Å². The van der Waals surface area contributed by atoms with Crippen LogP contribution in [0.2, 0.25) is 0 Å². The molecule has 0 aliphatic heterocycles. The molecule has 23 heavy (non-hydrogen) atoms. The van der Waals surface area contributed by atoms with E-state index in [1.807, 2.05) is 6.92 Å². The van der Waals surface area contributed by atoms with E-state index in [0.29, 0.717) is 23.7 Å². The van der Waals surface area contributed by atoms with Crippen molar-refractivity contribution in [2.24, 2.45) is 5.10 Å². The van der Waals surface area contributed by atoms with Crippen LogP contribution in [0, 0.1) is 0 Å². The fraction of sp³-hybridized carbons (Fsp3) is 0.188. The van der Waals surface area contributed by atoms with Gasteiger partial charge in [0, 0.05) is 5.56 Å². The number of benzene rings is 2. The van der Waals surface area contributed by atoms with E-state index in [1.54, 1.807) is 43.5 Å². The molecule has 0 atom stereocenters. The second-order valence-corrected chi connectivity index (χ2v) is 6.16. The quantitative estimate of drug-likeness (QED) is 0.623. The SMILES string of the molecule is CCOc1ccc(OC)cc1/C=N\NS(=O)(=O)c1ccccc1. The first-order valence-corrected chi connectivity index (χ1v) is 8.46. The van der Waals surface area contributed by atoms with Gasteiger partial charge in [-0.25, -0.2) is 4.83 Å². The lowest BCUT2D eigenvalue weighted by atomic mass is 10.2. The standard InChI is InChI=1S/C16H18N2O4S/c1-3-22-16-10-9-14(21-2)11-13(16)12-17-18-23(19,20)15-7-5-4-6-8-15/h4-12,18H,3H2,1-2H3/b17-12-. The van der Waals surface area contributed by atoms with Crippen LogP contribution in [0.5, 0.6) is 11.5 Å². The summed E-state index contributed by atoms with van der Waals surface area (Å²) in [7, 11) is -2.14. The number of rotatable bonds is 7. The minimum atomic E-state index is -3.69. The van der Waals surface area contributed by atoms with E-state index in [9.17, 15) is 8.42 Å². The molecule has 0 fully saturated rings. The van der Waals surface area contributed by atoms with Crippen LogP contribution in [0.1, 0.15) is 12.5 Å². The first kappa shape index (κ1) is 16.8. The number of nitrogens with one attached hydrogen (secondary N) is 1. The van der Waals surface area contributed by atoms with Gasteiger partial charge >= 0.3 is 0 Å². The largest absolute Gasteiger partial charge is 0.497 e. The Balaban J connectivity index is 2.20. The van der Waals surface area contributed by atoms with Gasteiger partial charge in [0.1, 0.15) is 11.5 Å². The Morgan fingerprint density at radius 2 is 1.91 bits per heavy atom. The van der Waals surface area contributed by atoms with E-state index >= 15 is 0 Å². The molecule has 6 nitrogen and oxygen atoms in total. The third kappa shape index (κ3) is 4.46. The molecule has 0 saturated carbocycles. The van der Waals surface area contributed by atoms with Gasteiger partial charge < -0.3 is 9.47 Å². The van der Waals surface area contributed by atoms with Crippen LogP contribution in [-0.2, 0) is 10.0 Å². The molecule has 0 amide bonds. The van der Waals surface area contributed by atoms with Crippen LogP contribution in [0.15, 0.2) is 58.5 Å². The minimum Gasteiger partial charge on any atom is -0.497 e. The molecule has 2 aromatic rings. The zero-order valence-electron chi connectivity index (χ0n) is 12.9. The summed E-state index contributed by atoms with van der Waals surface area (Å²) in [4.78, 5) is 2.32. The van der Waals surface area contributed by atoms with Gasteiger partial charge in [-0.1, -0.05) is 18.2 Å². The molecule has 7 heteroatoms. The first-order valence-electron chi connectivity index (χ1n) is 6.97. The lowest BCUT2D eigenvalue weighted by Gasteiger charge is -2.09. The highest BCUT2D eigenvalue weighted by Gasteiger charge is 2.11. The third-order valence-corrected chi connectivity index (χ3v) is 4.19. The molecule has 0 spiro atoms. The van der Waals surface area contributed by atoms with Gasteiger partial charge in [0.05, 0.1) is 24.8 Å². The molecule has 0 aromatic heterocycles. The molecule has 0 saturated heterocycles. The molecule has 2 aromatic carbocycles. The van der Waals surface area contributed by atoms with Crippen LogP contribution in [-0.4, -0.2) is 28.3 Å². The fourth-order valence-electron chi connectivity index (χ4n) is 1.86. The summed E-state index contributed by atoms with van der Waals surface area (Å²) < 4.78 is 34.8. The third-order valence-electron chi connectivity index (χ3n) is 2.95. The maximum atomic E-state index is 12.1. The summed E-state index contributed by atoms with van der Waals surface area (Å²) in [6, 6.07) is 13.2. The normalized spacial score (nSPS) is 11.4. The average molecular weight is 334 g/mol. The topological polar surface area (TPSA) is 77.0 Å². The van der Waals surface area contributed by atoms with E-state index in [4.69, 9.17) is 9.47 Å². The van der Waals surface area contributed by atoms with Gasteiger partial charge in [-0.15, -0.1) is 0 Å². The number of hydrogen-bond acceptors (Lipinski definition) is 5. The minimum absolute atomic E-state index is 0.146. The first-order chi connectivity index (χ1) is 11.1. The molecule has 1 N–H and O–H groups in total. The van der Waals surface area contributed by atoms with Crippen molar-refractivity contribution in [2.75, 3.05) is 13.7 Å². The Morgan fingerprint density at radius 1 is 1.17 bits per heavy atom. The van der Waals surface area contributed by atoms with Gasteiger partial charge in [0.15, 0.2) is 0 Å². The van der Waals surface area contributed by atoms with Gasteiger partial charge in [0.25, 0.3) is 10.0 Å². The monoisotopic (exact) mass is 334 g/mol. The summed E-state index contributed by atoms with van der Waals surface area (Å²) >= 11 is 0. The van der Waals surface area contributed by atoms with E-state index in [-0.39, 0.29) is 4.90 Å². The summed E-state index contributed by atoms with van der Waals surface area (Å²) in [5, 5.41) is 3.81. The Morgan fingerprint density at radius 3 is 2.57 bits per heavy atom. The van der Waals surface area contributed by atoms with Crippen molar-refractivity contribution in [1.82, 2.24) is 4.83 Å². The number of ether oxygens (including phenoxy) is 2. The summed E-state index contributed by atoms with van der Waals surface area (Å²) in [6.07, 6.45) is 1.38. The predicted octanol–water partition coefficient (Wildman–Crippen LogP) is 2.41. The number of sulfonamides is 1. The van der Waals surface area contributed by atoms with Crippen molar-refractivity contribution < 1.29 is 17.9 Å².